The van der Waals surface area contributed by atoms with Crippen LogP contribution in [-0.2, 0) is 4.79 Å². The van der Waals surface area contributed by atoms with Crippen LogP contribution < -0.4 is 15.1 Å². The summed E-state index contributed by atoms with van der Waals surface area (Å²) in [7, 11) is 1.62. The molecule has 1 aliphatic heterocycles. The third kappa shape index (κ3) is 4.46. The van der Waals surface area contributed by atoms with E-state index in [0.717, 1.165) is 26.8 Å². The number of benzene rings is 3. The standard InChI is InChI=1S/C24H21N3O3S/c1-16(28)18-9-12-23-21(13-18)27(20-5-3-4-6-22(20)31-23)24(29)15-26-25-14-17-7-10-19(30-2)11-8-17/h3-14,26H,15H2,1-2H3. The second-order valence-corrected chi connectivity index (χ2v) is 7.99. The Morgan fingerprint density at radius 3 is 2.52 bits per heavy atom. The van der Waals surface area contributed by atoms with Gasteiger partial charge in [-0.05, 0) is 61.0 Å². The van der Waals surface area contributed by atoms with Gasteiger partial charge in [-0.2, -0.15) is 5.10 Å². The predicted molar refractivity (Wildman–Crippen MR) is 123 cm³/mol. The Morgan fingerprint density at radius 1 is 1.03 bits per heavy atom. The maximum absolute atomic E-state index is 13.2. The van der Waals surface area contributed by atoms with Crippen LogP contribution in [-0.4, -0.2) is 31.6 Å². The zero-order chi connectivity index (χ0) is 21.8. The molecule has 0 unspecified atom stereocenters. The van der Waals surface area contributed by atoms with E-state index in [1.807, 2.05) is 54.6 Å². The van der Waals surface area contributed by atoms with Crippen molar-refractivity contribution in [2.45, 2.75) is 16.7 Å². The molecule has 0 saturated carbocycles. The number of anilines is 2. The highest BCUT2D eigenvalue weighted by atomic mass is 32.2. The molecule has 1 amide bonds. The maximum Gasteiger partial charge on any atom is 0.252 e. The normalized spacial score (nSPS) is 12.3. The zero-order valence-corrected chi connectivity index (χ0v) is 18.0. The highest BCUT2D eigenvalue weighted by molar-refractivity contribution is 7.99. The van der Waals surface area contributed by atoms with Gasteiger partial charge in [-0.25, -0.2) is 0 Å². The Hall–Kier alpha value is -3.58. The van der Waals surface area contributed by atoms with Gasteiger partial charge in [0.05, 0.1) is 24.7 Å². The molecule has 31 heavy (non-hydrogen) atoms. The van der Waals surface area contributed by atoms with Gasteiger partial charge in [-0.1, -0.05) is 30.0 Å². The van der Waals surface area contributed by atoms with Crippen LogP contribution in [0.5, 0.6) is 5.75 Å². The third-order valence-corrected chi connectivity index (χ3v) is 5.96. The van der Waals surface area contributed by atoms with Gasteiger partial charge in [-0.3, -0.25) is 14.5 Å². The van der Waals surface area contributed by atoms with Crippen LogP contribution in [0.2, 0.25) is 0 Å². The van der Waals surface area contributed by atoms with Crippen molar-refractivity contribution in [3.63, 3.8) is 0 Å². The lowest BCUT2D eigenvalue weighted by atomic mass is 10.1. The molecule has 7 heteroatoms. The lowest BCUT2D eigenvalue weighted by Gasteiger charge is -2.31. The summed E-state index contributed by atoms with van der Waals surface area (Å²) in [5, 5.41) is 4.17. The number of amides is 1. The molecule has 1 aliphatic rings. The quantitative estimate of drug-likeness (QED) is 0.349. The van der Waals surface area contributed by atoms with E-state index in [4.69, 9.17) is 4.74 Å². The minimum absolute atomic E-state index is 0.00932. The van der Waals surface area contributed by atoms with Gasteiger partial charge in [-0.15, -0.1) is 0 Å². The van der Waals surface area contributed by atoms with Crippen molar-refractivity contribution >= 4 is 41.0 Å². The molecule has 0 bridgehead atoms. The lowest BCUT2D eigenvalue weighted by molar-refractivity contribution is -0.117. The summed E-state index contributed by atoms with van der Waals surface area (Å²) in [5.74, 6) is 0.563. The number of hydrogen-bond acceptors (Lipinski definition) is 6. The van der Waals surface area contributed by atoms with E-state index < -0.39 is 0 Å². The molecule has 0 aromatic heterocycles. The van der Waals surface area contributed by atoms with Crippen LogP contribution in [0, 0.1) is 0 Å². The number of carbonyl (C=O) groups excluding carboxylic acids is 2. The Labute approximate surface area is 184 Å². The summed E-state index contributed by atoms with van der Waals surface area (Å²) in [6.07, 6.45) is 1.65. The monoisotopic (exact) mass is 431 g/mol. The van der Waals surface area contributed by atoms with Crippen LogP contribution in [0.3, 0.4) is 0 Å². The van der Waals surface area contributed by atoms with Crippen LogP contribution in [0.1, 0.15) is 22.8 Å². The number of para-hydroxylation sites is 1. The molecule has 3 aromatic rings. The first kappa shape index (κ1) is 20.7. The summed E-state index contributed by atoms with van der Waals surface area (Å²) in [5.41, 5.74) is 5.80. The number of ketones is 1. The van der Waals surface area contributed by atoms with Gasteiger partial charge < -0.3 is 10.2 Å². The van der Waals surface area contributed by atoms with Gasteiger partial charge in [0.1, 0.15) is 12.3 Å². The number of ether oxygens (including phenoxy) is 1. The fourth-order valence-electron chi connectivity index (χ4n) is 3.25. The van der Waals surface area contributed by atoms with Crippen LogP contribution >= 0.6 is 11.8 Å². The Balaban J connectivity index is 1.54. The van der Waals surface area contributed by atoms with Crippen molar-refractivity contribution in [2.75, 3.05) is 18.6 Å². The average molecular weight is 432 g/mol. The van der Waals surface area contributed by atoms with Crippen LogP contribution in [0.15, 0.2) is 81.6 Å². The molecule has 4 rings (SSSR count). The molecule has 0 radical (unpaired) electrons. The smallest absolute Gasteiger partial charge is 0.252 e. The number of hydrogen-bond donors (Lipinski definition) is 1. The number of carbonyl (C=O) groups is 2. The Morgan fingerprint density at radius 2 is 1.77 bits per heavy atom. The lowest BCUT2D eigenvalue weighted by Crippen LogP contribution is -2.35. The first-order valence-electron chi connectivity index (χ1n) is 9.71. The molecular weight excluding hydrogens is 410 g/mol. The number of hydrazone groups is 1. The summed E-state index contributed by atoms with van der Waals surface area (Å²) in [4.78, 5) is 28.6. The SMILES string of the molecule is COc1ccc(C=NNCC(=O)N2c3ccccc3Sc3ccc(C(C)=O)cc32)cc1. The highest BCUT2D eigenvalue weighted by Crippen LogP contribution is 2.48. The van der Waals surface area contributed by atoms with Crippen LogP contribution in [0.25, 0.3) is 0 Å². The summed E-state index contributed by atoms with van der Waals surface area (Å²) in [6, 6.07) is 20.6. The second-order valence-electron chi connectivity index (χ2n) is 6.90. The molecular formula is C24H21N3O3S. The van der Waals surface area contributed by atoms with E-state index in [-0.39, 0.29) is 18.2 Å². The van der Waals surface area contributed by atoms with Gasteiger partial charge >= 0.3 is 0 Å². The van der Waals surface area contributed by atoms with Gasteiger partial charge in [0.15, 0.2) is 5.78 Å². The number of Topliss-reactive ketones (excluding diaryl/α,β-unsaturated/α-hetero) is 1. The molecule has 0 aliphatic carbocycles. The first-order valence-corrected chi connectivity index (χ1v) is 10.5. The number of rotatable bonds is 6. The molecule has 1 N–H and O–H groups in total. The molecule has 3 aromatic carbocycles. The second kappa shape index (κ2) is 9.06. The Kier molecular flexibility index (Phi) is 6.04. The maximum atomic E-state index is 13.2. The van der Waals surface area contributed by atoms with Crippen molar-refractivity contribution in [3.05, 3.63) is 77.9 Å². The van der Waals surface area contributed by atoms with E-state index in [2.05, 4.69) is 10.5 Å². The van der Waals surface area contributed by atoms with E-state index in [1.54, 1.807) is 42.1 Å². The third-order valence-electron chi connectivity index (χ3n) is 4.83. The summed E-state index contributed by atoms with van der Waals surface area (Å²) >= 11 is 1.59. The molecule has 0 saturated heterocycles. The fourth-order valence-corrected chi connectivity index (χ4v) is 4.28. The van der Waals surface area contributed by atoms with E-state index in [9.17, 15) is 9.59 Å². The number of methoxy groups -OCH3 is 1. The molecule has 1 heterocycles. The average Bonchev–Trinajstić information content (AvgIpc) is 2.80. The van der Waals surface area contributed by atoms with Crippen molar-refractivity contribution < 1.29 is 14.3 Å². The number of nitrogens with one attached hydrogen (secondary N) is 1. The predicted octanol–water partition coefficient (Wildman–Crippen LogP) is 4.65. The number of fused-ring (bicyclic) bond motifs is 2. The molecule has 0 atom stereocenters. The van der Waals surface area contributed by atoms with Crippen molar-refractivity contribution in [1.29, 1.82) is 0 Å². The molecule has 0 spiro atoms. The summed E-state index contributed by atoms with van der Waals surface area (Å²) in [6.45, 7) is 1.53. The van der Waals surface area contributed by atoms with Crippen molar-refractivity contribution in [2.24, 2.45) is 5.10 Å². The Bertz CT molecular complexity index is 1160. The summed E-state index contributed by atoms with van der Waals surface area (Å²) < 4.78 is 5.14. The highest BCUT2D eigenvalue weighted by Gasteiger charge is 2.28. The molecule has 156 valence electrons. The molecule has 6 nitrogen and oxygen atoms in total. The minimum atomic E-state index is -0.165. The van der Waals surface area contributed by atoms with Gasteiger partial charge in [0, 0.05) is 15.4 Å². The number of nitrogens with zero attached hydrogens (tertiary/aromatic N) is 2. The van der Waals surface area contributed by atoms with E-state index >= 15 is 0 Å². The minimum Gasteiger partial charge on any atom is -0.497 e. The largest absolute Gasteiger partial charge is 0.497 e. The van der Waals surface area contributed by atoms with E-state index in [0.29, 0.717) is 11.3 Å². The van der Waals surface area contributed by atoms with Crippen molar-refractivity contribution in [3.8, 4) is 5.75 Å². The van der Waals surface area contributed by atoms with Gasteiger partial charge in [0.25, 0.3) is 5.91 Å². The van der Waals surface area contributed by atoms with Crippen molar-refractivity contribution in [1.82, 2.24) is 5.43 Å². The fraction of sp³-hybridized carbons (Fsp3) is 0.125. The zero-order valence-electron chi connectivity index (χ0n) is 17.2. The van der Waals surface area contributed by atoms with Crippen LogP contribution in [0.4, 0.5) is 11.4 Å². The molecule has 0 fully saturated rings. The topological polar surface area (TPSA) is 71.0 Å². The van der Waals surface area contributed by atoms with Gasteiger partial charge in [0.2, 0.25) is 0 Å². The first-order chi connectivity index (χ1) is 15.1. The van der Waals surface area contributed by atoms with E-state index in [1.165, 1.54) is 6.92 Å².